The van der Waals surface area contributed by atoms with Gasteiger partial charge < -0.3 is 15.5 Å². The second kappa shape index (κ2) is 6.35. The van der Waals surface area contributed by atoms with E-state index in [4.69, 9.17) is 22.4 Å². The van der Waals surface area contributed by atoms with Crippen molar-refractivity contribution in [1.29, 1.82) is 0 Å². The third-order valence-electron chi connectivity index (χ3n) is 3.96. The third kappa shape index (κ3) is 3.00. The Morgan fingerprint density at radius 2 is 2.20 bits per heavy atom. The van der Waals surface area contributed by atoms with Gasteiger partial charge in [0.2, 0.25) is 11.8 Å². The van der Waals surface area contributed by atoms with Crippen LogP contribution in [-0.4, -0.2) is 15.9 Å². The Balaban J connectivity index is 2.00. The predicted octanol–water partition coefficient (Wildman–Crippen LogP) is 2.09. The zero-order chi connectivity index (χ0) is 14.6. The average molecular weight is 295 g/mol. The minimum atomic E-state index is -0.687. The molecule has 1 aliphatic carbocycles. The highest BCUT2D eigenvalue weighted by atomic mass is 32.1. The van der Waals surface area contributed by atoms with Crippen molar-refractivity contribution in [2.24, 2.45) is 11.1 Å². The van der Waals surface area contributed by atoms with Crippen LogP contribution in [0.3, 0.4) is 0 Å². The molecule has 0 atom stereocenters. The van der Waals surface area contributed by atoms with Crippen LogP contribution in [0.1, 0.15) is 50.7 Å². The molecule has 1 fully saturated rings. The molecule has 0 spiro atoms. The standard InChI is InChI=1S/C14H21N3O2S/c1-2-10-8-16-11(19-10)9-17-13(18)14(12(15)20)6-4-3-5-7-14/h8H,2-7,9H2,1H3,(H2,15,20)(H,17,18). The molecule has 3 N–H and O–H groups in total. The van der Waals surface area contributed by atoms with Crippen LogP contribution in [0, 0.1) is 5.41 Å². The number of carbonyl (C=O) groups excluding carboxylic acids is 1. The van der Waals surface area contributed by atoms with Crippen molar-refractivity contribution in [3.63, 3.8) is 0 Å². The minimum absolute atomic E-state index is 0.0963. The van der Waals surface area contributed by atoms with Crippen LogP contribution >= 0.6 is 12.2 Å². The molecule has 0 unspecified atom stereocenters. The Morgan fingerprint density at radius 3 is 2.75 bits per heavy atom. The van der Waals surface area contributed by atoms with E-state index in [2.05, 4.69) is 10.3 Å². The molecule has 1 aromatic heterocycles. The van der Waals surface area contributed by atoms with Crippen LogP contribution in [0.25, 0.3) is 0 Å². The van der Waals surface area contributed by atoms with Crippen LogP contribution in [0.15, 0.2) is 10.6 Å². The maximum atomic E-state index is 12.5. The third-order valence-corrected chi connectivity index (χ3v) is 4.35. The first-order valence-corrected chi connectivity index (χ1v) is 7.51. The van der Waals surface area contributed by atoms with E-state index in [1.807, 2.05) is 6.92 Å². The maximum absolute atomic E-state index is 12.5. The summed E-state index contributed by atoms with van der Waals surface area (Å²) < 4.78 is 5.47. The number of amides is 1. The smallest absolute Gasteiger partial charge is 0.233 e. The lowest BCUT2D eigenvalue weighted by atomic mass is 9.73. The highest BCUT2D eigenvalue weighted by Crippen LogP contribution is 2.37. The molecule has 110 valence electrons. The van der Waals surface area contributed by atoms with Crippen molar-refractivity contribution < 1.29 is 9.21 Å². The van der Waals surface area contributed by atoms with Gasteiger partial charge in [-0.2, -0.15) is 0 Å². The van der Waals surface area contributed by atoms with Crippen molar-refractivity contribution in [2.45, 2.75) is 52.0 Å². The van der Waals surface area contributed by atoms with Crippen LogP contribution in [0.2, 0.25) is 0 Å². The largest absolute Gasteiger partial charge is 0.444 e. The van der Waals surface area contributed by atoms with Gasteiger partial charge >= 0.3 is 0 Å². The van der Waals surface area contributed by atoms with Gasteiger partial charge in [-0.25, -0.2) is 4.98 Å². The highest BCUT2D eigenvalue weighted by Gasteiger charge is 2.42. The first-order valence-electron chi connectivity index (χ1n) is 7.10. The fourth-order valence-electron chi connectivity index (χ4n) is 2.66. The van der Waals surface area contributed by atoms with Gasteiger partial charge in [0.25, 0.3) is 0 Å². The molecule has 0 saturated heterocycles. The quantitative estimate of drug-likeness (QED) is 0.813. The lowest BCUT2D eigenvalue weighted by Gasteiger charge is -2.34. The molecule has 2 rings (SSSR count). The number of thiocarbonyl (C=S) groups is 1. The molecule has 1 amide bonds. The second-order valence-electron chi connectivity index (χ2n) is 5.26. The first kappa shape index (κ1) is 15.0. The van der Waals surface area contributed by atoms with E-state index in [-0.39, 0.29) is 12.5 Å². The van der Waals surface area contributed by atoms with Crippen molar-refractivity contribution in [3.8, 4) is 0 Å². The fraction of sp³-hybridized carbons (Fsp3) is 0.643. The highest BCUT2D eigenvalue weighted by molar-refractivity contribution is 7.80. The summed E-state index contributed by atoms with van der Waals surface area (Å²) >= 11 is 5.14. The van der Waals surface area contributed by atoms with E-state index in [0.29, 0.717) is 10.9 Å². The number of nitrogens with zero attached hydrogens (tertiary/aromatic N) is 1. The summed E-state index contributed by atoms with van der Waals surface area (Å²) in [6.07, 6.45) is 7.06. The van der Waals surface area contributed by atoms with Crippen LogP contribution in [-0.2, 0) is 17.8 Å². The molecule has 0 bridgehead atoms. The van der Waals surface area contributed by atoms with E-state index < -0.39 is 5.41 Å². The average Bonchev–Trinajstić information content (AvgIpc) is 2.93. The minimum Gasteiger partial charge on any atom is -0.444 e. The van der Waals surface area contributed by atoms with E-state index in [1.165, 1.54) is 0 Å². The van der Waals surface area contributed by atoms with Crippen molar-refractivity contribution in [2.75, 3.05) is 0 Å². The molecule has 1 heterocycles. The molecule has 6 heteroatoms. The Hall–Kier alpha value is -1.43. The summed E-state index contributed by atoms with van der Waals surface area (Å²) in [4.78, 5) is 16.9. The van der Waals surface area contributed by atoms with Gasteiger partial charge in [-0.1, -0.05) is 38.4 Å². The fourth-order valence-corrected chi connectivity index (χ4v) is 2.96. The molecule has 0 aliphatic heterocycles. The molecule has 1 aliphatic rings. The number of aromatic nitrogens is 1. The van der Waals surface area contributed by atoms with Crippen molar-refractivity contribution in [3.05, 3.63) is 17.8 Å². The van der Waals surface area contributed by atoms with E-state index in [9.17, 15) is 4.79 Å². The summed E-state index contributed by atoms with van der Waals surface area (Å²) in [6, 6.07) is 0. The summed E-state index contributed by atoms with van der Waals surface area (Å²) in [6.45, 7) is 2.27. The molecular formula is C14H21N3O2S. The monoisotopic (exact) mass is 295 g/mol. The Bertz CT molecular complexity index is 492. The number of aryl methyl sites for hydroxylation is 1. The lowest BCUT2D eigenvalue weighted by molar-refractivity contribution is -0.129. The molecule has 5 nitrogen and oxygen atoms in total. The number of hydrogen-bond donors (Lipinski definition) is 2. The number of nitrogens with one attached hydrogen (secondary N) is 1. The van der Waals surface area contributed by atoms with E-state index in [0.717, 1.165) is 44.3 Å². The number of rotatable bonds is 5. The van der Waals surface area contributed by atoms with Crippen molar-refractivity contribution in [1.82, 2.24) is 10.3 Å². The Labute approximate surface area is 124 Å². The SMILES string of the molecule is CCc1cnc(CNC(=O)C2(C(N)=S)CCCCC2)o1. The van der Waals surface area contributed by atoms with Gasteiger partial charge in [-0.15, -0.1) is 0 Å². The molecule has 1 saturated carbocycles. The van der Waals surface area contributed by atoms with Crippen molar-refractivity contribution >= 4 is 23.1 Å². The number of carbonyl (C=O) groups is 1. The normalized spacial score (nSPS) is 17.6. The molecule has 0 radical (unpaired) electrons. The lowest BCUT2D eigenvalue weighted by Crippen LogP contribution is -2.49. The zero-order valence-electron chi connectivity index (χ0n) is 11.8. The zero-order valence-corrected chi connectivity index (χ0v) is 12.6. The molecular weight excluding hydrogens is 274 g/mol. The molecule has 20 heavy (non-hydrogen) atoms. The topological polar surface area (TPSA) is 81.2 Å². The van der Waals surface area contributed by atoms with E-state index in [1.54, 1.807) is 6.20 Å². The Morgan fingerprint density at radius 1 is 1.50 bits per heavy atom. The Kier molecular flexibility index (Phi) is 4.75. The van der Waals surface area contributed by atoms with Crippen LogP contribution in [0.5, 0.6) is 0 Å². The summed E-state index contributed by atoms with van der Waals surface area (Å²) in [5.41, 5.74) is 5.14. The predicted molar refractivity (Wildman–Crippen MR) is 80.0 cm³/mol. The maximum Gasteiger partial charge on any atom is 0.233 e. The number of nitrogens with two attached hydrogens (primary N) is 1. The van der Waals surface area contributed by atoms with Gasteiger partial charge in [0.15, 0.2) is 0 Å². The molecule has 1 aromatic rings. The van der Waals surface area contributed by atoms with Crippen LogP contribution in [0.4, 0.5) is 0 Å². The first-order chi connectivity index (χ1) is 9.58. The van der Waals surface area contributed by atoms with Gasteiger partial charge in [0, 0.05) is 6.42 Å². The van der Waals surface area contributed by atoms with Gasteiger partial charge in [-0.05, 0) is 12.8 Å². The number of hydrogen-bond acceptors (Lipinski definition) is 4. The molecule has 0 aromatic carbocycles. The number of oxazole rings is 1. The summed E-state index contributed by atoms with van der Waals surface area (Å²) in [5, 5.41) is 2.87. The van der Waals surface area contributed by atoms with Gasteiger partial charge in [-0.3, -0.25) is 4.79 Å². The van der Waals surface area contributed by atoms with Crippen LogP contribution < -0.4 is 11.1 Å². The van der Waals surface area contributed by atoms with Gasteiger partial charge in [0.1, 0.15) is 5.76 Å². The summed E-state index contributed by atoms with van der Waals surface area (Å²) in [5.74, 6) is 1.24. The van der Waals surface area contributed by atoms with Gasteiger partial charge in [0.05, 0.1) is 23.1 Å². The van der Waals surface area contributed by atoms with E-state index >= 15 is 0 Å². The summed E-state index contributed by atoms with van der Waals surface area (Å²) in [7, 11) is 0. The second-order valence-corrected chi connectivity index (χ2v) is 5.70.